The van der Waals surface area contributed by atoms with Crippen molar-refractivity contribution in [2.45, 2.75) is 19.0 Å². The molecule has 19 heavy (non-hydrogen) atoms. The van der Waals surface area contributed by atoms with Crippen molar-refractivity contribution >= 4 is 22.3 Å². The summed E-state index contributed by atoms with van der Waals surface area (Å²) in [4.78, 5) is 4.16. The Bertz CT molecular complexity index is 567. The van der Waals surface area contributed by atoms with E-state index >= 15 is 0 Å². The quantitative estimate of drug-likeness (QED) is 0.659. The van der Waals surface area contributed by atoms with E-state index in [0.29, 0.717) is 11.4 Å². The van der Waals surface area contributed by atoms with Gasteiger partial charge in [-0.2, -0.15) is 13.2 Å². The number of nitrogens with one attached hydrogen (secondary N) is 1. The van der Waals surface area contributed by atoms with E-state index in [1.165, 1.54) is 0 Å². The summed E-state index contributed by atoms with van der Waals surface area (Å²) >= 11 is 0. The zero-order valence-corrected chi connectivity index (χ0v) is 10.2. The van der Waals surface area contributed by atoms with Crippen LogP contribution in [0.4, 0.5) is 24.5 Å². The van der Waals surface area contributed by atoms with Crippen LogP contribution >= 0.6 is 0 Å². The maximum absolute atomic E-state index is 12.0. The lowest BCUT2D eigenvalue weighted by Gasteiger charge is -2.12. The maximum Gasteiger partial charge on any atom is 0.389 e. The summed E-state index contributed by atoms with van der Waals surface area (Å²) in [5, 5.41) is 3.72. The van der Waals surface area contributed by atoms with E-state index in [9.17, 15) is 13.2 Å². The number of aromatic nitrogens is 1. The van der Waals surface area contributed by atoms with E-state index in [4.69, 9.17) is 5.73 Å². The summed E-state index contributed by atoms with van der Waals surface area (Å²) in [6, 6.07) is 7.13. The van der Waals surface area contributed by atoms with Gasteiger partial charge in [-0.05, 0) is 30.7 Å². The lowest BCUT2D eigenvalue weighted by molar-refractivity contribution is -0.134. The van der Waals surface area contributed by atoms with Gasteiger partial charge < -0.3 is 11.1 Å². The molecule has 3 nitrogen and oxygen atoms in total. The third-order valence-corrected chi connectivity index (χ3v) is 2.78. The molecule has 6 heteroatoms. The first-order valence-electron chi connectivity index (χ1n) is 5.91. The van der Waals surface area contributed by atoms with Crippen molar-refractivity contribution in [3.05, 3.63) is 30.5 Å². The molecule has 2 rings (SSSR count). The highest BCUT2D eigenvalue weighted by Gasteiger charge is 2.25. The van der Waals surface area contributed by atoms with Gasteiger partial charge in [0, 0.05) is 24.5 Å². The number of nitrogens with two attached hydrogens (primary N) is 1. The van der Waals surface area contributed by atoms with Crippen molar-refractivity contribution in [1.29, 1.82) is 0 Å². The molecule has 0 spiro atoms. The summed E-state index contributed by atoms with van der Waals surface area (Å²) in [5.74, 6) is 0. The Balaban J connectivity index is 2.03. The van der Waals surface area contributed by atoms with Gasteiger partial charge in [0.25, 0.3) is 0 Å². The first kappa shape index (κ1) is 13.5. The SMILES string of the molecule is Nc1c(NCCCC(F)(F)F)ccc2ncccc12. The van der Waals surface area contributed by atoms with Crippen LogP contribution in [0.15, 0.2) is 30.5 Å². The van der Waals surface area contributed by atoms with Crippen LogP contribution in [0.25, 0.3) is 10.9 Å². The summed E-state index contributed by atoms with van der Waals surface area (Å²) in [6.07, 6.45) is -3.22. The zero-order valence-electron chi connectivity index (χ0n) is 10.2. The minimum Gasteiger partial charge on any atom is -0.397 e. The molecule has 0 unspecified atom stereocenters. The molecule has 0 fully saturated rings. The Labute approximate surface area is 108 Å². The molecule has 0 aliphatic heterocycles. The molecule has 0 bridgehead atoms. The van der Waals surface area contributed by atoms with E-state index < -0.39 is 12.6 Å². The second-order valence-electron chi connectivity index (χ2n) is 4.24. The van der Waals surface area contributed by atoms with Gasteiger partial charge in [-0.3, -0.25) is 4.98 Å². The molecule has 1 aromatic carbocycles. The molecular weight excluding hydrogens is 255 g/mol. The van der Waals surface area contributed by atoms with Crippen molar-refractivity contribution in [2.75, 3.05) is 17.6 Å². The molecule has 3 N–H and O–H groups in total. The van der Waals surface area contributed by atoms with Crippen LogP contribution in [-0.4, -0.2) is 17.7 Å². The lowest BCUT2D eigenvalue weighted by atomic mass is 10.1. The van der Waals surface area contributed by atoms with Crippen LogP contribution in [0.2, 0.25) is 0 Å². The Morgan fingerprint density at radius 2 is 2.00 bits per heavy atom. The lowest BCUT2D eigenvalue weighted by Crippen LogP contribution is -2.11. The summed E-state index contributed by atoms with van der Waals surface area (Å²) in [6.45, 7) is 0.232. The Morgan fingerprint density at radius 3 is 2.74 bits per heavy atom. The largest absolute Gasteiger partial charge is 0.397 e. The van der Waals surface area contributed by atoms with E-state index in [1.54, 1.807) is 24.4 Å². The van der Waals surface area contributed by atoms with E-state index in [-0.39, 0.29) is 13.0 Å². The Morgan fingerprint density at radius 1 is 1.21 bits per heavy atom. The monoisotopic (exact) mass is 269 g/mol. The van der Waals surface area contributed by atoms with Crippen molar-refractivity contribution in [2.24, 2.45) is 0 Å². The van der Waals surface area contributed by atoms with Crippen molar-refractivity contribution in [3.63, 3.8) is 0 Å². The molecule has 0 aliphatic rings. The predicted molar refractivity (Wildman–Crippen MR) is 69.9 cm³/mol. The average Bonchev–Trinajstić information content (AvgIpc) is 2.36. The Kier molecular flexibility index (Phi) is 3.78. The third-order valence-electron chi connectivity index (χ3n) is 2.78. The molecule has 0 radical (unpaired) electrons. The second kappa shape index (κ2) is 5.34. The second-order valence-corrected chi connectivity index (χ2v) is 4.24. The number of benzene rings is 1. The number of halogens is 3. The fraction of sp³-hybridized carbons (Fsp3) is 0.308. The van der Waals surface area contributed by atoms with Gasteiger partial charge in [0.2, 0.25) is 0 Å². The highest BCUT2D eigenvalue weighted by molar-refractivity contribution is 5.96. The first-order chi connectivity index (χ1) is 8.97. The molecule has 0 saturated heterocycles. The van der Waals surface area contributed by atoms with Crippen molar-refractivity contribution in [3.8, 4) is 0 Å². The van der Waals surface area contributed by atoms with Crippen molar-refractivity contribution in [1.82, 2.24) is 4.98 Å². The van der Waals surface area contributed by atoms with E-state index in [2.05, 4.69) is 10.3 Å². The predicted octanol–water partition coefficient (Wildman–Crippen LogP) is 3.57. The number of hydrogen-bond donors (Lipinski definition) is 2. The zero-order chi connectivity index (χ0) is 13.9. The Hall–Kier alpha value is -1.98. The fourth-order valence-electron chi connectivity index (χ4n) is 1.84. The number of nitrogens with zero attached hydrogens (tertiary/aromatic N) is 1. The van der Waals surface area contributed by atoms with Gasteiger partial charge >= 0.3 is 6.18 Å². The number of fused-ring (bicyclic) bond motifs is 1. The molecule has 2 aromatic rings. The van der Waals surface area contributed by atoms with Gasteiger partial charge in [0.05, 0.1) is 16.9 Å². The standard InChI is InChI=1S/C13H14F3N3/c14-13(15,16)6-2-8-19-11-5-4-10-9(12(11)17)3-1-7-18-10/h1,3-5,7,19H,2,6,8,17H2. The summed E-state index contributed by atoms with van der Waals surface area (Å²) < 4.78 is 36.0. The van der Waals surface area contributed by atoms with Crippen LogP contribution in [0.1, 0.15) is 12.8 Å². The number of hydrogen-bond acceptors (Lipinski definition) is 3. The minimum atomic E-state index is -4.11. The summed E-state index contributed by atoms with van der Waals surface area (Å²) in [7, 11) is 0. The highest BCUT2D eigenvalue weighted by Crippen LogP contribution is 2.27. The first-order valence-corrected chi connectivity index (χ1v) is 5.91. The van der Waals surface area contributed by atoms with Crippen LogP contribution in [-0.2, 0) is 0 Å². The van der Waals surface area contributed by atoms with Gasteiger partial charge in [-0.1, -0.05) is 0 Å². The number of anilines is 2. The normalized spacial score (nSPS) is 11.7. The van der Waals surface area contributed by atoms with Crippen LogP contribution in [0.3, 0.4) is 0 Å². The molecule has 0 amide bonds. The smallest absolute Gasteiger partial charge is 0.389 e. The van der Waals surface area contributed by atoms with E-state index in [1.807, 2.05) is 6.07 Å². The van der Waals surface area contributed by atoms with Gasteiger partial charge in [-0.15, -0.1) is 0 Å². The molecular formula is C13H14F3N3. The van der Waals surface area contributed by atoms with Crippen LogP contribution < -0.4 is 11.1 Å². The van der Waals surface area contributed by atoms with E-state index in [0.717, 1.165) is 10.9 Å². The molecule has 102 valence electrons. The topological polar surface area (TPSA) is 50.9 Å². The van der Waals surface area contributed by atoms with Crippen LogP contribution in [0.5, 0.6) is 0 Å². The molecule has 1 aromatic heterocycles. The number of nitrogen functional groups attached to an aromatic ring is 1. The molecule has 0 atom stereocenters. The number of pyridine rings is 1. The molecule has 0 aliphatic carbocycles. The van der Waals surface area contributed by atoms with Gasteiger partial charge in [-0.25, -0.2) is 0 Å². The minimum absolute atomic E-state index is 0.0218. The third kappa shape index (κ3) is 3.49. The van der Waals surface area contributed by atoms with Crippen LogP contribution in [0, 0.1) is 0 Å². The number of rotatable bonds is 4. The molecule has 0 saturated carbocycles. The maximum atomic E-state index is 12.0. The van der Waals surface area contributed by atoms with Gasteiger partial charge in [0.1, 0.15) is 0 Å². The van der Waals surface area contributed by atoms with Crippen molar-refractivity contribution < 1.29 is 13.2 Å². The highest BCUT2D eigenvalue weighted by atomic mass is 19.4. The number of alkyl halides is 3. The summed E-state index contributed by atoms with van der Waals surface area (Å²) in [5.41, 5.74) is 7.88. The average molecular weight is 269 g/mol. The molecule has 1 heterocycles. The fourth-order valence-corrected chi connectivity index (χ4v) is 1.84. The van der Waals surface area contributed by atoms with Gasteiger partial charge in [0.15, 0.2) is 0 Å².